The summed E-state index contributed by atoms with van der Waals surface area (Å²) >= 11 is 1.33. The summed E-state index contributed by atoms with van der Waals surface area (Å²) in [6.07, 6.45) is 1.66. The van der Waals surface area contributed by atoms with Crippen molar-refractivity contribution in [1.82, 2.24) is 4.98 Å². The molecule has 0 bridgehead atoms. The van der Waals surface area contributed by atoms with Crippen molar-refractivity contribution in [1.29, 1.82) is 0 Å². The number of amides is 1. The zero-order valence-electron chi connectivity index (χ0n) is 11.3. The van der Waals surface area contributed by atoms with Gasteiger partial charge in [0.1, 0.15) is 16.1 Å². The van der Waals surface area contributed by atoms with Crippen LogP contribution < -0.4 is 15.8 Å². The summed E-state index contributed by atoms with van der Waals surface area (Å²) in [5, 5.41) is 2.82. The SMILES string of the molecule is COc1cccc(NC(=O)c2sc3cccnc3c2N)c1. The van der Waals surface area contributed by atoms with Gasteiger partial charge in [0.15, 0.2) is 0 Å². The Labute approximate surface area is 125 Å². The third-order valence-corrected chi connectivity index (χ3v) is 4.18. The number of carbonyl (C=O) groups excluding carboxylic acids is 1. The molecule has 3 rings (SSSR count). The van der Waals surface area contributed by atoms with Gasteiger partial charge < -0.3 is 15.8 Å². The van der Waals surface area contributed by atoms with Crippen LogP contribution in [0.15, 0.2) is 42.6 Å². The summed E-state index contributed by atoms with van der Waals surface area (Å²) in [6, 6.07) is 10.9. The normalized spacial score (nSPS) is 10.5. The number of nitrogens with zero attached hydrogens (tertiary/aromatic N) is 1. The molecule has 0 saturated heterocycles. The number of benzene rings is 1. The lowest BCUT2D eigenvalue weighted by Gasteiger charge is -2.06. The van der Waals surface area contributed by atoms with Gasteiger partial charge in [0.05, 0.1) is 17.5 Å². The largest absolute Gasteiger partial charge is 0.497 e. The highest BCUT2D eigenvalue weighted by Crippen LogP contribution is 2.32. The maximum absolute atomic E-state index is 12.4. The number of anilines is 2. The molecule has 0 unspecified atom stereocenters. The molecular weight excluding hydrogens is 286 g/mol. The van der Waals surface area contributed by atoms with Gasteiger partial charge >= 0.3 is 0 Å². The average molecular weight is 299 g/mol. The number of ether oxygens (including phenoxy) is 1. The summed E-state index contributed by atoms with van der Waals surface area (Å²) in [4.78, 5) is 17.0. The molecule has 0 fully saturated rings. The molecule has 5 nitrogen and oxygen atoms in total. The number of fused-ring (bicyclic) bond motifs is 1. The fourth-order valence-corrected chi connectivity index (χ4v) is 2.98. The molecule has 3 aromatic rings. The van der Waals surface area contributed by atoms with Gasteiger partial charge in [-0.3, -0.25) is 9.78 Å². The van der Waals surface area contributed by atoms with E-state index < -0.39 is 0 Å². The van der Waals surface area contributed by atoms with Gasteiger partial charge in [0.25, 0.3) is 5.91 Å². The fourth-order valence-electron chi connectivity index (χ4n) is 2.01. The monoisotopic (exact) mass is 299 g/mol. The Morgan fingerprint density at radius 2 is 2.19 bits per heavy atom. The number of hydrogen-bond donors (Lipinski definition) is 2. The van der Waals surface area contributed by atoms with Crippen LogP contribution in [0.25, 0.3) is 10.2 Å². The van der Waals surface area contributed by atoms with Crippen molar-refractivity contribution in [3.63, 3.8) is 0 Å². The fraction of sp³-hybridized carbons (Fsp3) is 0.0667. The third kappa shape index (κ3) is 2.53. The molecular formula is C15H13N3O2S. The molecule has 0 aliphatic rings. The number of nitrogens with one attached hydrogen (secondary N) is 1. The van der Waals surface area contributed by atoms with Crippen LogP contribution in [0.1, 0.15) is 9.67 Å². The van der Waals surface area contributed by atoms with Crippen LogP contribution in [0.4, 0.5) is 11.4 Å². The number of pyridine rings is 1. The van der Waals surface area contributed by atoms with Crippen LogP contribution in [0.3, 0.4) is 0 Å². The molecule has 0 atom stereocenters. The second kappa shape index (κ2) is 5.41. The molecule has 1 amide bonds. The number of methoxy groups -OCH3 is 1. The van der Waals surface area contributed by atoms with E-state index in [1.54, 1.807) is 25.4 Å². The van der Waals surface area contributed by atoms with Gasteiger partial charge in [0.2, 0.25) is 0 Å². The Kier molecular flexibility index (Phi) is 3.45. The molecule has 1 aromatic carbocycles. The van der Waals surface area contributed by atoms with Crippen LogP contribution in [-0.2, 0) is 0 Å². The van der Waals surface area contributed by atoms with E-state index in [0.717, 1.165) is 4.70 Å². The standard InChI is InChI=1S/C15H13N3O2S/c1-20-10-5-2-4-9(8-10)18-15(19)14-12(16)13-11(21-14)6-3-7-17-13/h2-8H,16H2,1H3,(H,18,19). The van der Waals surface area contributed by atoms with Crippen LogP contribution in [0.5, 0.6) is 5.75 Å². The maximum Gasteiger partial charge on any atom is 0.267 e. The van der Waals surface area contributed by atoms with Crippen LogP contribution in [0.2, 0.25) is 0 Å². The molecule has 0 aliphatic heterocycles. The van der Waals surface area contributed by atoms with Gasteiger partial charge in [-0.1, -0.05) is 6.07 Å². The van der Waals surface area contributed by atoms with Gasteiger partial charge in [-0.05, 0) is 24.3 Å². The predicted molar refractivity (Wildman–Crippen MR) is 85.0 cm³/mol. The van der Waals surface area contributed by atoms with Crippen LogP contribution in [-0.4, -0.2) is 18.0 Å². The van der Waals surface area contributed by atoms with Gasteiger partial charge in [-0.25, -0.2) is 0 Å². The van der Waals surface area contributed by atoms with E-state index in [-0.39, 0.29) is 5.91 Å². The molecule has 0 saturated carbocycles. The highest BCUT2D eigenvalue weighted by Gasteiger charge is 2.17. The Morgan fingerprint density at radius 1 is 1.33 bits per heavy atom. The quantitative estimate of drug-likeness (QED) is 0.779. The van der Waals surface area contributed by atoms with E-state index in [1.165, 1.54) is 11.3 Å². The number of aromatic nitrogens is 1. The smallest absolute Gasteiger partial charge is 0.267 e. The van der Waals surface area contributed by atoms with Crippen molar-refractivity contribution >= 4 is 38.8 Å². The van der Waals surface area contributed by atoms with E-state index in [0.29, 0.717) is 27.5 Å². The van der Waals surface area contributed by atoms with E-state index in [1.807, 2.05) is 24.3 Å². The lowest BCUT2D eigenvalue weighted by atomic mass is 10.2. The molecule has 0 radical (unpaired) electrons. The highest BCUT2D eigenvalue weighted by molar-refractivity contribution is 7.21. The first-order valence-electron chi connectivity index (χ1n) is 6.27. The number of nitrogen functional groups attached to an aromatic ring is 1. The van der Waals surface area contributed by atoms with Gasteiger partial charge in [-0.15, -0.1) is 11.3 Å². The molecule has 0 spiro atoms. The van der Waals surface area contributed by atoms with Gasteiger partial charge in [-0.2, -0.15) is 0 Å². The topological polar surface area (TPSA) is 77.2 Å². The Hall–Kier alpha value is -2.60. The Morgan fingerprint density at radius 3 is 2.95 bits per heavy atom. The van der Waals surface area contributed by atoms with E-state index in [4.69, 9.17) is 10.5 Å². The van der Waals surface area contributed by atoms with Crippen molar-refractivity contribution in [2.24, 2.45) is 0 Å². The van der Waals surface area contributed by atoms with Gasteiger partial charge in [0, 0.05) is 18.0 Å². The third-order valence-electron chi connectivity index (χ3n) is 3.02. The van der Waals surface area contributed by atoms with Crippen molar-refractivity contribution in [3.8, 4) is 5.75 Å². The van der Waals surface area contributed by atoms with E-state index in [2.05, 4.69) is 10.3 Å². The molecule has 6 heteroatoms. The van der Waals surface area contributed by atoms with E-state index in [9.17, 15) is 4.79 Å². The second-order valence-electron chi connectivity index (χ2n) is 4.38. The summed E-state index contributed by atoms with van der Waals surface area (Å²) in [7, 11) is 1.58. The Bertz CT molecular complexity index is 814. The zero-order valence-corrected chi connectivity index (χ0v) is 12.1. The number of carbonyl (C=O) groups is 1. The molecule has 2 aromatic heterocycles. The van der Waals surface area contributed by atoms with Crippen molar-refractivity contribution < 1.29 is 9.53 Å². The molecule has 3 N–H and O–H groups in total. The zero-order chi connectivity index (χ0) is 14.8. The van der Waals surface area contributed by atoms with Crippen molar-refractivity contribution in [2.45, 2.75) is 0 Å². The average Bonchev–Trinajstić information content (AvgIpc) is 2.85. The number of nitrogens with two attached hydrogens (primary N) is 1. The lowest BCUT2D eigenvalue weighted by molar-refractivity contribution is 0.103. The molecule has 21 heavy (non-hydrogen) atoms. The summed E-state index contributed by atoms with van der Waals surface area (Å²) in [6.45, 7) is 0. The number of rotatable bonds is 3. The van der Waals surface area contributed by atoms with Crippen LogP contribution >= 0.6 is 11.3 Å². The summed E-state index contributed by atoms with van der Waals surface area (Å²) < 4.78 is 6.02. The predicted octanol–water partition coefficient (Wildman–Crippen LogP) is 3.14. The lowest BCUT2D eigenvalue weighted by Crippen LogP contribution is -2.12. The summed E-state index contributed by atoms with van der Waals surface area (Å²) in [5.41, 5.74) is 7.75. The van der Waals surface area contributed by atoms with E-state index >= 15 is 0 Å². The highest BCUT2D eigenvalue weighted by atomic mass is 32.1. The maximum atomic E-state index is 12.4. The first-order chi connectivity index (χ1) is 10.2. The van der Waals surface area contributed by atoms with Crippen LogP contribution in [0, 0.1) is 0 Å². The summed E-state index contributed by atoms with van der Waals surface area (Å²) in [5.74, 6) is 0.433. The number of thiophene rings is 1. The molecule has 2 heterocycles. The molecule has 0 aliphatic carbocycles. The Balaban J connectivity index is 1.91. The molecule has 106 valence electrons. The minimum absolute atomic E-state index is 0.247. The van der Waals surface area contributed by atoms with Crippen molar-refractivity contribution in [2.75, 3.05) is 18.2 Å². The van der Waals surface area contributed by atoms with Crippen molar-refractivity contribution in [3.05, 3.63) is 47.5 Å². The number of hydrogen-bond acceptors (Lipinski definition) is 5. The minimum Gasteiger partial charge on any atom is -0.497 e. The minimum atomic E-state index is -0.247. The first kappa shape index (κ1) is 13.4. The first-order valence-corrected chi connectivity index (χ1v) is 7.09. The second-order valence-corrected chi connectivity index (χ2v) is 5.43.